The maximum absolute atomic E-state index is 12.0. The summed E-state index contributed by atoms with van der Waals surface area (Å²) in [6.07, 6.45) is 0. The molecule has 0 saturated heterocycles. The summed E-state index contributed by atoms with van der Waals surface area (Å²) >= 11 is 11.7. The number of carbonyl (C=O) groups is 1. The molecular weight excluding hydrogens is 287 g/mol. The van der Waals surface area contributed by atoms with Crippen LogP contribution in [-0.2, 0) is 0 Å². The second-order valence-electron chi connectivity index (χ2n) is 3.88. The molecule has 6 heteroatoms. The van der Waals surface area contributed by atoms with Crippen LogP contribution in [-0.4, -0.2) is 11.0 Å². The Morgan fingerprint density at radius 2 is 1.74 bits per heavy atom. The summed E-state index contributed by atoms with van der Waals surface area (Å²) in [6.45, 7) is 0. The summed E-state index contributed by atoms with van der Waals surface area (Å²) < 4.78 is 0. The summed E-state index contributed by atoms with van der Waals surface area (Å²) in [7, 11) is 0. The van der Waals surface area contributed by atoms with Crippen molar-refractivity contribution in [3.05, 3.63) is 52.0 Å². The molecule has 0 aliphatic carbocycles. The molecule has 0 aliphatic rings. The number of nitrogens with two attached hydrogens (primary N) is 1. The molecule has 0 fully saturated rings. The lowest BCUT2D eigenvalue weighted by molar-refractivity contribution is 0.102. The Labute approximate surface area is 119 Å². The number of benzene rings is 2. The molecule has 19 heavy (non-hydrogen) atoms. The van der Waals surface area contributed by atoms with Gasteiger partial charge in [0.1, 0.15) is 5.75 Å². The fourth-order valence-electron chi connectivity index (χ4n) is 1.54. The zero-order valence-electron chi connectivity index (χ0n) is 9.65. The lowest BCUT2D eigenvalue weighted by Crippen LogP contribution is -2.13. The third kappa shape index (κ3) is 3.30. The van der Waals surface area contributed by atoms with Gasteiger partial charge in [0, 0.05) is 21.7 Å². The summed E-state index contributed by atoms with van der Waals surface area (Å²) in [5, 5.41) is 12.6. The number of rotatable bonds is 2. The van der Waals surface area contributed by atoms with Crippen LogP contribution in [0.15, 0.2) is 36.4 Å². The van der Waals surface area contributed by atoms with Crippen molar-refractivity contribution in [3.8, 4) is 5.75 Å². The quantitative estimate of drug-likeness (QED) is 0.586. The highest BCUT2D eigenvalue weighted by atomic mass is 35.5. The van der Waals surface area contributed by atoms with E-state index in [1.165, 1.54) is 36.4 Å². The number of hydrogen-bond acceptors (Lipinski definition) is 3. The van der Waals surface area contributed by atoms with E-state index in [-0.39, 0.29) is 17.3 Å². The fourth-order valence-corrected chi connectivity index (χ4v) is 2.07. The summed E-state index contributed by atoms with van der Waals surface area (Å²) in [5.41, 5.74) is 6.67. The topological polar surface area (TPSA) is 75.3 Å². The Bertz CT molecular complexity index is 624. The maximum Gasteiger partial charge on any atom is 0.255 e. The fraction of sp³-hybridized carbons (Fsp3) is 0. The monoisotopic (exact) mass is 296 g/mol. The first-order chi connectivity index (χ1) is 8.95. The van der Waals surface area contributed by atoms with E-state index in [1.54, 1.807) is 0 Å². The normalized spacial score (nSPS) is 10.2. The molecule has 2 aromatic rings. The molecule has 4 nitrogen and oxygen atoms in total. The van der Waals surface area contributed by atoms with Gasteiger partial charge in [-0.1, -0.05) is 23.2 Å². The number of hydrogen-bond donors (Lipinski definition) is 3. The Morgan fingerprint density at radius 1 is 1.11 bits per heavy atom. The lowest BCUT2D eigenvalue weighted by atomic mass is 10.2. The van der Waals surface area contributed by atoms with E-state index in [0.717, 1.165) is 0 Å². The Kier molecular flexibility index (Phi) is 3.83. The summed E-state index contributed by atoms with van der Waals surface area (Å²) in [6, 6.07) is 8.82. The highest BCUT2D eigenvalue weighted by Crippen LogP contribution is 2.25. The molecule has 0 aliphatic heterocycles. The number of nitrogen functional groups attached to an aromatic ring is 1. The van der Waals surface area contributed by atoms with Crippen molar-refractivity contribution >= 4 is 40.5 Å². The molecular formula is C13H10Cl2N2O2. The standard InChI is InChI=1S/C13H10Cl2N2O2/c14-8-3-7(4-9(15)5-8)13(19)17-12-2-1-10(18)6-11(12)16/h1-6,18H,16H2,(H,17,19). The average molecular weight is 297 g/mol. The van der Waals surface area contributed by atoms with Gasteiger partial charge in [-0.25, -0.2) is 0 Å². The van der Waals surface area contributed by atoms with E-state index in [2.05, 4.69) is 5.32 Å². The van der Waals surface area contributed by atoms with Crippen LogP contribution in [0.4, 0.5) is 11.4 Å². The zero-order valence-corrected chi connectivity index (χ0v) is 11.2. The van der Waals surface area contributed by atoms with Gasteiger partial charge in [-0.2, -0.15) is 0 Å². The first kappa shape index (κ1) is 13.5. The third-order valence-corrected chi connectivity index (χ3v) is 2.84. The van der Waals surface area contributed by atoms with E-state index in [4.69, 9.17) is 28.9 Å². The Balaban J connectivity index is 2.25. The van der Waals surface area contributed by atoms with Gasteiger partial charge in [0.05, 0.1) is 11.4 Å². The average Bonchev–Trinajstić information content (AvgIpc) is 2.31. The van der Waals surface area contributed by atoms with E-state index in [1.807, 2.05) is 0 Å². The molecule has 2 rings (SSSR count). The first-order valence-corrected chi connectivity index (χ1v) is 6.07. The molecule has 0 atom stereocenters. The molecule has 0 heterocycles. The van der Waals surface area contributed by atoms with E-state index in [9.17, 15) is 9.90 Å². The van der Waals surface area contributed by atoms with E-state index in [0.29, 0.717) is 21.3 Å². The van der Waals surface area contributed by atoms with Crippen LogP contribution in [0.3, 0.4) is 0 Å². The van der Waals surface area contributed by atoms with Gasteiger partial charge < -0.3 is 16.2 Å². The van der Waals surface area contributed by atoms with Gasteiger partial charge in [-0.3, -0.25) is 4.79 Å². The number of carbonyl (C=O) groups excluding carboxylic acids is 1. The van der Waals surface area contributed by atoms with Gasteiger partial charge in [0.25, 0.3) is 5.91 Å². The first-order valence-electron chi connectivity index (χ1n) is 5.31. The smallest absolute Gasteiger partial charge is 0.255 e. The van der Waals surface area contributed by atoms with Gasteiger partial charge >= 0.3 is 0 Å². The highest BCUT2D eigenvalue weighted by Gasteiger charge is 2.10. The van der Waals surface area contributed by atoms with Gasteiger partial charge in [0.2, 0.25) is 0 Å². The summed E-state index contributed by atoms with van der Waals surface area (Å²) in [5.74, 6) is -0.358. The molecule has 0 saturated carbocycles. The molecule has 1 amide bonds. The number of aromatic hydroxyl groups is 1. The van der Waals surface area contributed by atoms with Gasteiger partial charge in [-0.05, 0) is 30.3 Å². The molecule has 2 aromatic carbocycles. The highest BCUT2D eigenvalue weighted by molar-refractivity contribution is 6.35. The largest absolute Gasteiger partial charge is 0.508 e. The van der Waals surface area contributed by atoms with Crippen molar-refractivity contribution in [3.63, 3.8) is 0 Å². The predicted molar refractivity (Wildman–Crippen MR) is 76.9 cm³/mol. The maximum atomic E-state index is 12.0. The number of anilines is 2. The van der Waals surface area contributed by atoms with Crippen LogP contribution in [0.2, 0.25) is 10.0 Å². The number of halogens is 2. The minimum absolute atomic E-state index is 0.0290. The second-order valence-corrected chi connectivity index (χ2v) is 4.76. The van der Waals surface area contributed by atoms with Crippen LogP contribution in [0.5, 0.6) is 5.75 Å². The molecule has 0 radical (unpaired) electrons. The van der Waals surface area contributed by atoms with Crippen LogP contribution in [0.1, 0.15) is 10.4 Å². The summed E-state index contributed by atoms with van der Waals surface area (Å²) in [4.78, 5) is 12.0. The second kappa shape index (κ2) is 5.38. The number of phenols is 1. The van der Waals surface area contributed by atoms with Crippen molar-refractivity contribution < 1.29 is 9.90 Å². The molecule has 98 valence electrons. The molecule has 4 N–H and O–H groups in total. The minimum atomic E-state index is -0.387. The Hall–Kier alpha value is -1.91. The number of phenolic OH excluding ortho intramolecular Hbond substituents is 1. The zero-order chi connectivity index (χ0) is 14.0. The van der Waals surface area contributed by atoms with Crippen LogP contribution < -0.4 is 11.1 Å². The lowest BCUT2D eigenvalue weighted by Gasteiger charge is -2.09. The van der Waals surface area contributed by atoms with Gasteiger partial charge in [-0.15, -0.1) is 0 Å². The molecule has 0 unspecified atom stereocenters. The van der Waals surface area contributed by atoms with Crippen molar-refractivity contribution in [1.29, 1.82) is 0 Å². The third-order valence-electron chi connectivity index (χ3n) is 2.41. The van der Waals surface area contributed by atoms with Crippen LogP contribution in [0.25, 0.3) is 0 Å². The van der Waals surface area contributed by atoms with Crippen LogP contribution >= 0.6 is 23.2 Å². The molecule has 0 aromatic heterocycles. The van der Waals surface area contributed by atoms with Crippen molar-refractivity contribution in [1.82, 2.24) is 0 Å². The van der Waals surface area contributed by atoms with Crippen molar-refractivity contribution in [2.45, 2.75) is 0 Å². The van der Waals surface area contributed by atoms with Crippen molar-refractivity contribution in [2.75, 3.05) is 11.1 Å². The van der Waals surface area contributed by atoms with E-state index < -0.39 is 0 Å². The predicted octanol–water partition coefficient (Wildman–Crippen LogP) is 3.53. The molecule has 0 spiro atoms. The minimum Gasteiger partial charge on any atom is -0.508 e. The van der Waals surface area contributed by atoms with Crippen molar-refractivity contribution in [2.24, 2.45) is 0 Å². The number of nitrogens with one attached hydrogen (secondary N) is 1. The number of amides is 1. The van der Waals surface area contributed by atoms with Gasteiger partial charge in [0.15, 0.2) is 0 Å². The van der Waals surface area contributed by atoms with Crippen LogP contribution in [0, 0.1) is 0 Å². The SMILES string of the molecule is Nc1cc(O)ccc1NC(=O)c1cc(Cl)cc(Cl)c1. The van der Waals surface area contributed by atoms with E-state index >= 15 is 0 Å². The molecule has 0 bridgehead atoms. The Morgan fingerprint density at radius 3 is 2.32 bits per heavy atom.